The molecule has 0 aromatic heterocycles. The molecule has 2 rings (SSSR count). The Morgan fingerprint density at radius 2 is 1.95 bits per heavy atom. The van der Waals surface area contributed by atoms with Crippen molar-refractivity contribution in [2.24, 2.45) is 0 Å². The Balaban J connectivity index is 2.66. The highest BCUT2D eigenvalue weighted by molar-refractivity contribution is 5.42. The smallest absolute Gasteiger partial charge is 0.261 e. The van der Waals surface area contributed by atoms with Crippen LogP contribution in [0.4, 0.5) is 0 Å². The first-order valence-corrected chi connectivity index (χ1v) is 6.98. The fourth-order valence-corrected chi connectivity index (χ4v) is 2.99. The van der Waals surface area contributed by atoms with Crippen molar-refractivity contribution in [2.75, 3.05) is 13.7 Å². The maximum Gasteiger partial charge on any atom is 0.261 e. The summed E-state index contributed by atoms with van der Waals surface area (Å²) in [4.78, 5) is 0. The molecule has 0 bridgehead atoms. The van der Waals surface area contributed by atoms with Crippen LogP contribution in [0.25, 0.3) is 0 Å². The van der Waals surface area contributed by atoms with Crippen LogP contribution in [0.2, 0.25) is 0 Å². The summed E-state index contributed by atoms with van der Waals surface area (Å²) in [5, 5.41) is 10.9. The van der Waals surface area contributed by atoms with Crippen LogP contribution in [0.15, 0.2) is 42.3 Å². The fraction of sp³-hybridized carbons (Fsp3) is 0.471. The molecule has 1 aromatic rings. The van der Waals surface area contributed by atoms with Gasteiger partial charge in [-0.15, -0.1) is 0 Å². The maximum absolute atomic E-state index is 10.9. The summed E-state index contributed by atoms with van der Waals surface area (Å²) in [6.45, 7) is 8.32. The van der Waals surface area contributed by atoms with Crippen molar-refractivity contribution >= 4 is 0 Å². The van der Waals surface area contributed by atoms with Gasteiger partial charge in [-0.05, 0) is 18.4 Å². The van der Waals surface area contributed by atoms with E-state index in [-0.39, 0.29) is 11.2 Å². The molecule has 0 radical (unpaired) electrons. The SMILES string of the molecule is C=C=C(OC)C1(O)OCC(CC)(CC)c2ccccc21. The van der Waals surface area contributed by atoms with Gasteiger partial charge in [0.2, 0.25) is 5.76 Å². The topological polar surface area (TPSA) is 38.7 Å². The van der Waals surface area contributed by atoms with Gasteiger partial charge in [-0.2, -0.15) is 0 Å². The molecule has 20 heavy (non-hydrogen) atoms. The highest BCUT2D eigenvalue weighted by atomic mass is 16.6. The van der Waals surface area contributed by atoms with Gasteiger partial charge in [0.1, 0.15) is 0 Å². The van der Waals surface area contributed by atoms with Crippen molar-refractivity contribution in [1.82, 2.24) is 0 Å². The van der Waals surface area contributed by atoms with Crippen LogP contribution in [-0.2, 0) is 20.7 Å². The van der Waals surface area contributed by atoms with Gasteiger partial charge in [0, 0.05) is 11.0 Å². The second-order valence-corrected chi connectivity index (χ2v) is 5.18. The van der Waals surface area contributed by atoms with Crippen molar-refractivity contribution in [1.29, 1.82) is 0 Å². The number of rotatable bonds is 4. The summed E-state index contributed by atoms with van der Waals surface area (Å²) in [7, 11) is 1.49. The zero-order valence-corrected chi connectivity index (χ0v) is 12.4. The molecule has 0 spiro atoms. The lowest BCUT2D eigenvalue weighted by Gasteiger charge is -2.44. The summed E-state index contributed by atoms with van der Waals surface area (Å²) in [5.41, 5.74) is 4.41. The van der Waals surface area contributed by atoms with Gasteiger partial charge < -0.3 is 14.6 Å². The highest BCUT2D eigenvalue weighted by Gasteiger charge is 2.48. The van der Waals surface area contributed by atoms with E-state index in [2.05, 4.69) is 32.2 Å². The minimum Gasteiger partial charge on any atom is -0.488 e. The molecule has 108 valence electrons. The highest BCUT2D eigenvalue weighted by Crippen LogP contribution is 2.46. The van der Waals surface area contributed by atoms with E-state index >= 15 is 0 Å². The minimum atomic E-state index is -1.60. The summed E-state index contributed by atoms with van der Waals surface area (Å²) in [6.07, 6.45) is 1.91. The Morgan fingerprint density at radius 3 is 2.45 bits per heavy atom. The molecule has 1 aliphatic heterocycles. The first-order valence-electron chi connectivity index (χ1n) is 6.98. The summed E-state index contributed by atoms with van der Waals surface area (Å²) >= 11 is 0. The predicted octanol–water partition coefficient (Wildman–Crippen LogP) is 3.23. The van der Waals surface area contributed by atoms with Crippen molar-refractivity contribution in [2.45, 2.75) is 37.9 Å². The lowest BCUT2D eigenvalue weighted by atomic mass is 9.71. The van der Waals surface area contributed by atoms with Gasteiger partial charge in [-0.1, -0.05) is 50.4 Å². The summed E-state index contributed by atoms with van der Waals surface area (Å²) in [6, 6.07) is 7.83. The number of hydrogen-bond acceptors (Lipinski definition) is 3. The Morgan fingerprint density at radius 1 is 1.35 bits per heavy atom. The first-order chi connectivity index (χ1) is 9.57. The molecule has 3 nitrogen and oxygen atoms in total. The molecule has 0 fully saturated rings. The first kappa shape index (κ1) is 14.9. The lowest BCUT2D eigenvalue weighted by Crippen LogP contribution is -2.46. The minimum absolute atomic E-state index is 0.0666. The van der Waals surface area contributed by atoms with Crippen LogP contribution in [0.5, 0.6) is 0 Å². The Hall–Kier alpha value is -1.54. The Kier molecular flexibility index (Phi) is 4.05. The zero-order chi connectivity index (χ0) is 14.8. The molecule has 3 heteroatoms. The van der Waals surface area contributed by atoms with Gasteiger partial charge >= 0.3 is 0 Å². The largest absolute Gasteiger partial charge is 0.488 e. The van der Waals surface area contributed by atoms with Crippen molar-refractivity contribution in [3.05, 3.63) is 53.5 Å². The van der Waals surface area contributed by atoms with E-state index in [0.29, 0.717) is 6.61 Å². The second-order valence-electron chi connectivity index (χ2n) is 5.18. The van der Waals surface area contributed by atoms with E-state index in [1.54, 1.807) is 0 Å². The van der Waals surface area contributed by atoms with E-state index in [4.69, 9.17) is 9.47 Å². The van der Waals surface area contributed by atoms with Crippen LogP contribution < -0.4 is 0 Å². The number of benzene rings is 1. The quantitative estimate of drug-likeness (QED) is 0.676. The molecule has 0 aliphatic carbocycles. The van der Waals surface area contributed by atoms with Gasteiger partial charge in [0.25, 0.3) is 5.79 Å². The average Bonchev–Trinajstić information content (AvgIpc) is 2.50. The molecule has 0 saturated carbocycles. The summed E-state index contributed by atoms with van der Waals surface area (Å²) in [5.74, 6) is -1.40. The van der Waals surface area contributed by atoms with Crippen molar-refractivity contribution in [3.8, 4) is 0 Å². The van der Waals surface area contributed by atoms with E-state index in [1.165, 1.54) is 7.11 Å². The molecular formula is C17H22O3. The molecule has 1 heterocycles. The van der Waals surface area contributed by atoms with E-state index in [1.807, 2.05) is 18.2 Å². The van der Waals surface area contributed by atoms with Crippen LogP contribution in [-0.4, -0.2) is 18.8 Å². The average molecular weight is 274 g/mol. The standard InChI is InChI=1S/C17H22O3/c1-5-15(19-4)17(18)14-11-9-8-10-13(14)16(6-2,7-3)12-20-17/h8-11,18H,1,6-7,12H2,2-4H3. The maximum atomic E-state index is 10.9. The van der Waals surface area contributed by atoms with E-state index in [0.717, 1.165) is 24.0 Å². The fourth-order valence-electron chi connectivity index (χ4n) is 2.99. The zero-order valence-electron chi connectivity index (χ0n) is 12.4. The molecule has 1 atom stereocenters. The molecule has 1 aromatic carbocycles. The third kappa shape index (κ3) is 1.99. The molecule has 1 aliphatic rings. The number of hydrogen-bond donors (Lipinski definition) is 1. The van der Waals surface area contributed by atoms with Crippen LogP contribution in [0, 0.1) is 0 Å². The van der Waals surface area contributed by atoms with Crippen LogP contribution in [0.3, 0.4) is 0 Å². The van der Waals surface area contributed by atoms with E-state index in [9.17, 15) is 5.11 Å². The lowest BCUT2D eigenvalue weighted by molar-refractivity contribution is -0.226. The molecular weight excluding hydrogens is 252 g/mol. The number of aliphatic hydroxyl groups is 1. The van der Waals surface area contributed by atoms with Gasteiger partial charge in [0.05, 0.1) is 13.7 Å². The van der Waals surface area contributed by atoms with Crippen molar-refractivity contribution in [3.63, 3.8) is 0 Å². The molecule has 1 unspecified atom stereocenters. The third-order valence-electron chi connectivity index (χ3n) is 4.45. The van der Waals surface area contributed by atoms with Crippen molar-refractivity contribution < 1.29 is 14.6 Å². The van der Waals surface area contributed by atoms with Crippen LogP contribution in [0.1, 0.15) is 37.8 Å². The number of fused-ring (bicyclic) bond motifs is 1. The van der Waals surface area contributed by atoms with Crippen LogP contribution >= 0.6 is 0 Å². The Bertz CT molecular complexity index is 539. The molecule has 0 saturated heterocycles. The Labute approximate surface area is 120 Å². The molecule has 1 N–H and O–H groups in total. The molecule has 0 amide bonds. The second kappa shape index (κ2) is 5.45. The van der Waals surface area contributed by atoms with Gasteiger partial charge in [-0.3, -0.25) is 0 Å². The normalized spacial score (nSPS) is 23.6. The predicted molar refractivity (Wildman–Crippen MR) is 78.2 cm³/mol. The number of methoxy groups -OCH3 is 1. The number of ether oxygens (including phenoxy) is 2. The van der Waals surface area contributed by atoms with Gasteiger partial charge in [-0.25, -0.2) is 0 Å². The van der Waals surface area contributed by atoms with E-state index < -0.39 is 5.79 Å². The summed E-state index contributed by atoms with van der Waals surface area (Å²) < 4.78 is 11.0. The monoisotopic (exact) mass is 274 g/mol. The third-order valence-corrected chi connectivity index (χ3v) is 4.45. The van der Waals surface area contributed by atoms with Gasteiger partial charge in [0.15, 0.2) is 0 Å².